The Morgan fingerprint density at radius 3 is 2.25 bits per heavy atom. The molecule has 1 N–H and O–H groups in total. The Labute approximate surface area is 75.1 Å². The maximum absolute atomic E-state index is 5.28. The molecule has 0 radical (unpaired) electrons. The van der Waals surface area contributed by atoms with Crippen molar-refractivity contribution in [1.82, 2.24) is 10.2 Å². The van der Waals surface area contributed by atoms with E-state index in [1.165, 1.54) is 0 Å². The Bertz CT molecular complexity index is 130. The van der Waals surface area contributed by atoms with Gasteiger partial charge in [-0.2, -0.15) is 0 Å². The van der Waals surface area contributed by atoms with Gasteiger partial charge in [0.15, 0.2) is 0 Å². The number of nitrogens with one attached hydrogen (secondary N) is 1. The summed E-state index contributed by atoms with van der Waals surface area (Å²) in [6.07, 6.45) is 0.247. The van der Waals surface area contributed by atoms with Crippen molar-refractivity contribution in [3.05, 3.63) is 0 Å². The first-order valence-corrected chi connectivity index (χ1v) is 4.66. The fourth-order valence-electron chi connectivity index (χ4n) is 1.82. The smallest absolute Gasteiger partial charge is 0.107 e. The Hall–Kier alpha value is -0.120. The van der Waals surface area contributed by atoms with Crippen molar-refractivity contribution in [2.75, 3.05) is 20.2 Å². The van der Waals surface area contributed by atoms with Crippen LogP contribution in [0.5, 0.6) is 0 Å². The van der Waals surface area contributed by atoms with E-state index in [0.29, 0.717) is 12.1 Å². The molecule has 3 nitrogen and oxygen atoms in total. The minimum Gasteiger partial charge on any atom is -0.367 e. The standard InChI is InChI=1S/C9H20N2O/c1-7-5-11(9(3)12-4)6-8(2)10-7/h7-10H,5-6H2,1-4H3/t7-,8+,9?. The molecule has 1 rings (SSSR count). The highest BCUT2D eigenvalue weighted by Crippen LogP contribution is 2.08. The fraction of sp³-hybridized carbons (Fsp3) is 1.00. The zero-order valence-corrected chi connectivity index (χ0v) is 8.50. The van der Waals surface area contributed by atoms with E-state index < -0.39 is 0 Å². The lowest BCUT2D eigenvalue weighted by Crippen LogP contribution is -2.56. The maximum Gasteiger partial charge on any atom is 0.107 e. The molecule has 12 heavy (non-hydrogen) atoms. The second kappa shape index (κ2) is 4.21. The first-order valence-electron chi connectivity index (χ1n) is 4.66. The van der Waals surface area contributed by atoms with Crippen LogP contribution >= 0.6 is 0 Å². The van der Waals surface area contributed by atoms with E-state index in [1.807, 2.05) is 0 Å². The second-order valence-corrected chi connectivity index (χ2v) is 3.76. The van der Waals surface area contributed by atoms with Crippen LogP contribution in [-0.2, 0) is 4.74 Å². The quantitative estimate of drug-likeness (QED) is 0.662. The van der Waals surface area contributed by atoms with Crippen molar-refractivity contribution < 1.29 is 4.74 Å². The molecule has 0 spiro atoms. The predicted octanol–water partition coefficient (Wildman–Crippen LogP) is 0.661. The Balaban J connectivity index is 2.43. The van der Waals surface area contributed by atoms with Gasteiger partial charge in [0, 0.05) is 32.3 Å². The highest BCUT2D eigenvalue weighted by atomic mass is 16.5. The lowest BCUT2D eigenvalue weighted by Gasteiger charge is -2.38. The topological polar surface area (TPSA) is 24.5 Å². The lowest BCUT2D eigenvalue weighted by molar-refractivity contribution is -0.0385. The molecule has 0 aromatic rings. The first kappa shape index (κ1) is 9.96. The molecule has 1 fully saturated rings. The minimum atomic E-state index is 0.247. The molecule has 1 aliphatic heterocycles. The molecule has 0 saturated carbocycles. The molecule has 1 heterocycles. The largest absolute Gasteiger partial charge is 0.367 e. The van der Waals surface area contributed by atoms with Crippen molar-refractivity contribution in [2.24, 2.45) is 0 Å². The zero-order valence-electron chi connectivity index (χ0n) is 8.50. The molecule has 0 aromatic heterocycles. The van der Waals surface area contributed by atoms with E-state index in [0.717, 1.165) is 13.1 Å². The molecule has 3 atom stereocenters. The number of ether oxygens (including phenoxy) is 1. The van der Waals surface area contributed by atoms with Gasteiger partial charge in [-0.3, -0.25) is 4.90 Å². The predicted molar refractivity (Wildman–Crippen MR) is 50.1 cm³/mol. The highest BCUT2D eigenvalue weighted by molar-refractivity contribution is 4.81. The molecule has 1 unspecified atom stereocenters. The van der Waals surface area contributed by atoms with Crippen molar-refractivity contribution in [3.8, 4) is 0 Å². The highest BCUT2D eigenvalue weighted by Gasteiger charge is 2.23. The minimum absolute atomic E-state index is 0.247. The maximum atomic E-state index is 5.28. The van der Waals surface area contributed by atoms with Crippen molar-refractivity contribution in [2.45, 2.75) is 39.1 Å². The number of nitrogens with zero attached hydrogens (tertiary/aromatic N) is 1. The Kier molecular flexibility index (Phi) is 3.50. The number of hydrogen-bond donors (Lipinski definition) is 1. The molecular weight excluding hydrogens is 152 g/mol. The lowest BCUT2D eigenvalue weighted by atomic mass is 10.1. The summed E-state index contributed by atoms with van der Waals surface area (Å²) in [6.45, 7) is 8.69. The third-order valence-corrected chi connectivity index (χ3v) is 2.44. The van der Waals surface area contributed by atoms with E-state index in [9.17, 15) is 0 Å². The monoisotopic (exact) mass is 172 g/mol. The Morgan fingerprint density at radius 1 is 1.33 bits per heavy atom. The van der Waals surface area contributed by atoms with Gasteiger partial charge in [-0.15, -0.1) is 0 Å². The zero-order chi connectivity index (χ0) is 9.14. The molecule has 0 aromatic carbocycles. The second-order valence-electron chi connectivity index (χ2n) is 3.76. The van der Waals surface area contributed by atoms with Gasteiger partial charge in [0.25, 0.3) is 0 Å². The van der Waals surface area contributed by atoms with Gasteiger partial charge in [0.05, 0.1) is 0 Å². The van der Waals surface area contributed by atoms with Gasteiger partial charge in [-0.25, -0.2) is 0 Å². The number of methoxy groups -OCH3 is 1. The molecule has 0 amide bonds. The fourth-order valence-corrected chi connectivity index (χ4v) is 1.82. The number of hydrogen-bond acceptors (Lipinski definition) is 3. The summed E-state index contributed by atoms with van der Waals surface area (Å²) in [5, 5.41) is 3.49. The van der Waals surface area contributed by atoms with Crippen LogP contribution in [0.15, 0.2) is 0 Å². The third-order valence-electron chi connectivity index (χ3n) is 2.44. The summed E-state index contributed by atoms with van der Waals surface area (Å²) in [6, 6.07) is 1.15. The van der Waals surface area contributed by atoms with Gasteiger partial charge in [0.2, 0.25) is 0 Å². The average molecular weight is 172 g/mol. The van der Waals surface area contributed by atoms with Gasteiger partial charge >= 0.3 is 0 Å². The van der Waals surface area contributed by atoms with Crippen LogP contribution < -0.4 is 5.32 Å². The van der Waals surface area contributed by atoms with Crippen LogP contribution in [0.25, 0.3) is 0 Å². The van der Waals surface area contributed by atoms with Crippen LogP contribution in [-0.4, -0.2) is 43.4 Å². The van der Waals surface area contributed by atoms with Crippen molar-refractivity contribution >= 4 is 0 Å². The summed E-state index contributed by atoms with van der Waals surface area (Å²) in [4.78, 5) is 2.37. The van der Waals surface area contributed by atoms with Crippen LogP contribution in [0.4, 0.5) is 0 Å². The van der Waals surface area contributed by atoms with E-state index in [-0.39, 0.29) is 6.23 Å². The molecule has 1 saturated heterocycles. The molecule has 1 aliphatic rings. The van der Waals surface area contributed by atoms with Crippen molar-refractivity contribution in [3.63, 3.8) is 0 Å². The summed E-state index contributed by atoms with van der Waals surface area (Å²) < 4.78 is 5.28. The molecule has 72 valence electrons. The van der Waals surface area contributed by atoms with E-state index >= 15 is 0 Å². The Morgan fingerprint density at radius 2 is 1.83 bits per heavy atom. The summed E-state index contributed by atoms with van der Waals surface area (Å²) in [5.74, 6) is 0. The van der Waals surface area contributed by atoms with Gasteiger partial charge in [-0.05, 0) is 20.8 Å². The first-order chi connectivity index (χ1) is 5.63. The normalized spacial score (nSPS) is 35.0. The van der Waals surface area contributed by atoms with Gasteiger partial charge in [-0.1, -0.05) is 0 Å². The molecule has 0 bridgehead atoms. The van der Waals surface area contributed by atoms with E-state index in [2.05, 4.69) is 31.0 Å². The van der Waals surface area contributed by atoms with Gasteiger partial charge < -0.3 is 10.1 Å². The van der Waals surface area contributed by atoms with Crippen LogP contribution in [0, 0.1) is 0 Å². The van der Waals surface area contributed by atoms with Crippen LogP contribution in [0.1, 0.15) is 20.8 Å². The van der Waals surface area contributed by atoms with Crippen LogP contribution in [0.3, 0.4) is 0 Å². The average Bonchev–Trinajstić information content (AvgIpc) is 2.01. The van der Waals surface area contributed by atoms with E-state index in [1.54, 1.807) is 7.11 Å². The number of piperazine rings is 1. The molecular formula is C9H20N2O. The number of rotatable bonds is 2. The van der Waals surface area contributed by atoms with Crippen molar-refractivity contribution in [1.29, 1.82) is 0 Å². The van der Waals surface area contributed by atoms with Gasteiger partial charge in [0.1, 0.15) is 6.23 Å². The molecule has 0 aliphatic carbocycles. The van der Waals surface area contributed by atoms with E-state index in [4.69, 9.17) is 4.74 Å². The van der Waals surface area contributed by atoms with Crippen LogP contribution in [0.2, 0.25) is 0 Å². The summed E-state index contributed by atoms with van der Waals surface area (Å²) in [7, 11) is 1.77. The molecule has 3 heteroatoms. The summed E-state index contributed by atoms with van der Waals surface area (Å²) >= 11 is 0. The third kappa shape index (κ3) is 2.44. The SMILES string of the molecule is COC(C)N1C[C@@H](C)N[C@@H](C)C1. The summed E-state index contributed by atoms with van der Waals surface area (Å²) in [5.41, 5.74) is 0.